The number of nitrogens with two attached hydrogens (primary N) is 1. The van der Waals surface area contributed by atoms with E-state index in [1.807, 2.05) is 6.92 Å². The number of pyridine rings is 5. The number of hydrogen-bond donors (Lipinski definition) is 1. The monoisotopic (exact) mass is 587 g/mol. The predicted octanol–water partition coefficient (Wildman–Crippen LogP) is 4.41. The summed E-state index contributed by atoms with van der Waals surface area (Å²) in [5, 5.41) is 0. The highest BCUT2D eigenvalue weighted by molar-refractivity contribution is 5.62. The van der Waals surface area contributed by atoms with Gasteiger partial charge < -0.3 is 5.73 Å². The summed E-state index contributed by atoms with van der Waals surface area (Å²) in [6, 6.07) is 21.9. The lowest BCUT2D eigenvalue weighted by atomic mass is 10.1. The lowest BCUT2D eigenvalue weighted by molar-refractivity contribution is -0.708. The minimum atomic E-state index is 0.654. The van der Waals surface area contributed by atoms with Crippen LogP contribution in [0.3, 0.4) is 0 Å². The molecule has 0 aliphatic rings. The molecule has 0 aromatic carbocycles. The van der Waals surface area contributed by atoms with E-state index in [1.54, 1.807) is 0 Å². The molecule has 6 heteroatoms. The second-order valence-corrected chi connectivity index (χ2v) is 11.6. The fraction of sp³-hybridized carbons (Fsp3) is 0.289. The maximum atomic E-state index is 5.65. The van der Waals surface area contributed by atoms with Crippen molar-refractivity contribution < 1.29 is 22.8 Å². The second-order valence-electron chi connectivity index (χ2n) is 11.6. The third-order valence-corrected chi connectivity index (χ3v) is 8.17. The molecule has 0 fully saturated rings. The van der Waals surface area contributed by atoms with Crippen LogP contribution in [-0.2, 0) is 32.7 Å². The molecule has 6 nitrogen and oxygen atoms in total. The van der Waals surface area contributed by atoms with Crippen LogP contribution in [0.5, 0.6) is 0 Å². The zero-order valence-electron chi connectivity index (χ0n) is 26.1. The number of aromatic nitrogens is 5. The zero-order chi connectivity index (χ0) is 30.6. The lowest BCUT2D eigenvalue weighted by Crippen LogP contribution is -2.36. The van der Waals surface area contributed by atoms with Crippen molar-refractivity contribution in [1.82, 2.24) is 0 Å². The first-order chi connectivity index (χ1) is 21.6. The van der Waals surface area contributed by atoms with E-state index in [9.17, 15) is 0 Å². The van der Waals surface area contributed by atoms with E-state index < -0.39 is 0 Å². The van der Waals surface area contributed by atoms with E-state index in [1.165, 1.54) is 27.8 Å². The third kappa shape index (κ3) is 8.98. The van der Waals surface area contributed by atoms with Gasteiger partial charge in [-0.3, -0.25) is 0 Å². The highest BCUT2D eigenvalue weighted by atomic mass is 15.0. The quantitative estimate of drug-likeness (QED) is 0.143. The molecule has 5 aromatic heterocycles. The maximum absolute atomic E-state index is 5.65. The van der Waals surface area contributed by atoms with Crippen molar-refractivity contribution in [2.24, 2.45) is 5.73 Å². The molecule has 5 aromatic rings. The van der Waals surface area contributed by atoms with Crippen molar-refractivity contribution in [2.45, 2.75) is 65.3 Å². The van der Waals surface area contributed by atoms with Gasteiger partial charge in [-0.15, -0.1) is 0 Å². The smallest absolute Gasteiger partial charge is 0.169 e. The Bertz CT molecular complexity index is 1590. The van der Waals surface area contributed by atoms with Gasteiger partial charge in [0.2, 0.25) is 0 Å². The molecule has 0 unspecified atom stereocenters. The molecule has 0 atom stereocenters. The van der Waals surface area contributed by atoms with Crippen LogP contribution >= 0.6 is 0 Å². The van der Waals surface area contributed by atoms with Gasteiger partial charge in [0.15, 0.2) is 68.5 Å². The summed E-state index contributed by atoms with van der Waals surface area (Å²) in [4.78, 5) is 0. The van der Waals surface area contributed by atoms with Gasteiger partial charge in [0.25, 0.3) is 0 Å². The molecule has 2 N–H and O–H groups in total. The number of aryl methyl sites for hydroxylation is 4. The van der Waals surface area contributed by atoms with E-state index in [4.69, 9.17) is 5.73 Å². The number of hydrogen-bond acceptors (Lipinski definition) is 1. The van der Waals surface area contributed by atoms with Crippen molar-refractivity contribution in [3.8, 4) is 22.3 Å². The molecular weight excluding hydrogens is 540 g/mol. The second kappa shape index (κ2) is 15.8. The Morgan fingerprint density at radius 3 is 0.955 bits per heavy atom. The van der Waals surface area contributed by atoms with E-state index in [-0.39, 0.29) is 0 Å². The Balaban J connectivity index is 1.01. The van der Waals surface area contributed by atoms with Gasteiger partial charge in [0.1, 0.15) is 26.2 Å². The van der Waals surface area contributed by atoms with Crippen LogP contribution in [-0.4, -0.2) is 6.54 Å². The van der Waals surface area contributed by atoms with Gasteiger partial charge in [-0.25, -0.2) is 22.8 Å². The summed E-state index contributed by atoms with van der Waals surface area (Å²) in [5.41, 5.74) is 12.9. The topological polar surface area (TPSA) is 45.4 Å². The van der Waals surface area contributed by atoms with E-state index >= 15 is 0 Å². The molecule has 0 bridgehead atoms. The molecule has 224 valence electrons. The Hall–Kier alpha value is -4.55. The first-order valence-electron chi connectivity index (χ1n) is 15.9. The SMILES string of the molecule is C=C(C)c1cc[n+](CCCC[n+]2ccc(-c3cc[n+](CCCC[n+]4ccc(-c5cc[n+](CCN)cc5)cc4)cc3)cc2)cc1. The number of rotatable bonds is 15. The largest absolute Gasteiger partial charge is 0.325 e. The first kappa shape index (κ1) is 30.9. The van der Waals surface area contributed by atoms with Gasteiger partial charge in [-0.2, -0.15) is 0 Å². The van der Waals surface area contributed by atoms with Crippen molar-refractivity contribution in [3.05, 3.63) is 135 Å². The summed E-state index contributed by atoms with van der Waals surface area (Å²) in [6.07, 6.45) is 26.3. The predicted molar refractivity (Wildman–Crippen MR) is 173 cm³/mol. The van der Waals surface area contributed by atoms with Crippen LogP contribution < -0.4 is 28.6 Å². The summed E-state index contributed by atoms with van der Waals surface area (Å²) >= 11 is 0. The van der Waals surface area contributed by atoms with Gasteiger partial charge >= 0.3 is 0 Å². The van der Waals surface area contributed by atoms with Crippen molar-refractivity contribution in [2.75, 3.05) is 6.54 Å². The Kier molecular flexibility index (Phi) is 11.1. The van der Waals surface area contributed by atoms with Crippen molar-refractivity contribution >= 4 is 5.57 Å². The Morgan fingerprint density at radius 2 is 0.705 bits per heavy atom. The van der Waals surface area contributed by atoms with Gasteiger partial charge in [-0.05, 0) is 34.7 Å². The normalized spacial score (nSPS) is 11.0. The Labute approximate surface area is 262 Å². The molecule has 5 heterocycles. The number of allylic oxidation sites excluding steroid dienone is 1. The highest BCUT2D eigenvalue weighted by Crippen LogP contribution is 2.17. The van der Waals surface area contributed by atoms with E-state index in [2.05, 4.69) is 152 Å². The summed E-state index contributed by atoms with van der Waals surface area (Å²) in [5.74, 6) is 0. The summed E-state index contributed by atoms with van der Waals surface area (Å²) in [6.45, 7) is 11.7. The van der Waals surface area contributed by atoms with Crippen molar-refractivity contribution in [3.63, 3.8) is 0 Å². The van der Waals surface area contributed by atoms with Gasteiger partial charge in [0.05, 0.1) is 6.54 Å². The molecule has 0 spiro atoms. The lowest BCUT2D eigenvalue weighted by Gasteiger charge is -2.03. The van der Waals surface area contributed by atoms with Crippen LogP contribution in [0.15, 0.2) is 129 Å². The summed E-state index contributed by atoms with van der Waals surface area (Å²) in [7, 11) is 0. The minimum absolute atomic E-state index is 0.654. The van der Waals surface area contributed by atoms with E-state index in [0.717, 1.165) is 64.0 Å². The molecule has 0 aliphatic heterocycles. The fourth-order valence-electron chi connectivity index (χ4n) is 5.41. The molecule has 0 aliphatic carbocycles. The first-order valence-corrected chi connectivity index (χ1v) is 15.9. The number of unbranched alkanes of at least 4 members (excludes halogenated alkanes) is 2. The van der Waals surface area contributed by atoms with Crippen LogP contribution in [0.2, 0.25) is 0 Å². The van der Waals surface area contributed by atoms with Gasteiger partial charge in [-0.1, -0.05) is 12.2 Å². The fourth-order valence-corrected chi connectivity index (χ4v) is 5.41. The average molecular weight is 588 g/mol. The molecule has 0 saturated carbocycles. The molecule has 5 rings (SSSR count). The van der Waals surface area contributed by atoms with Crippen LogP contribution in [0.25, 0.3) is 27.8 Å². The molecule has 0 radical (unpaired) electrons. The molecule has 0 saturated heterocycles. The minimum Gasteiger partial charge on any atom is -0.325 e. The molecule has 0 amide bonds. The standard InChI is InChI=1S/C38H47N6/c1-33(2)34-7-22-40(23-8-34)18-3-4-19-41-24-9-35(10-25-41)36-11-26-42(27-12-36)20-5-6-21-43-28-13-37(14-29-43)38-15-30-44(31-16-38)32-17-39/h7-16,22-31H,1,3-6,17-21,32,39H2,2H3/q+5. The number of nitrogens with zero attached hydrogens (tertiary/aromatic N) is 5. The molecular formula is C38H47N6+5. The van der Waals surface area contributed by atoms with E-state index in [0.29, 0.717) is 6.54 Å². The van der Waals surface area contributed by atoms with Gasteiger partial charge in [0, 0.05) is 86.3 Å². The Morgan fingerprint density at radius 1 is 0.455 bits per heavy atom. The van der Waals surface area contributed by atoms with Crippen LogP contribution in [0.4, 0.5) is 0 Å². The average Bonchev–Trinajstić information content (AvgIpc) is 3.07. The molecule has 44 heavy (non-hydrogen) atoms. The van der Waals surface area contributed by atoms with Crippen LogP contribution in [0.1, 0.15) is 38.2 Å². The van der Waals surface area contributed by atoms with Crippen LogP contribution in [0, 0.1) is 0 Å². The highest BCUT2D eigenvalue weighted by Gasteiger charge is 2.09. The summed E-state index contributed by atoms with van der Waals surface area (Å²) < 4.78 is 11.2. The zero-order valence-corrected chi connectivity index (χ0v) is 26.1. The van der Waals surface area contributed by atoms with Crippen molar-refractivity contribution in [1.29, 1.82) is 0 Å². The maximum Gasteiger partial charge on any atom is 0.169 e. The third-order valence-electron chi connectivity index (χ3n) is 8.17.